The normalized spacial score (nSPS) is 12.5. The Kier molecular flexibility index (Phi) is 5.29. The van der Waals surface area contributed by atoms with Crippen molar-refractivity contribution in [2.24, 2.45) is 0 Å². The van der Waals surface area contributed by atoms with E-state index in [1.807, 2.05) is 26.0 Å². The number of benzene rings is 1. The van der Waals surface area contributed by atoms with Crippen LogP contribution >= 0.6 is 0 Å². The van der Waals surface area contributed by atoms with Gasteiger partial charge in [0.1, 0.15) is 12.4 Å². The minimum atomic E-state index is 0.00528. The Labute approximate surface area is 97.4 Å². The largest absolute Gasteiger partial charge is 0.492 e. The van der Waals surface area contributed by atoms with Gasteiger partial charge in [-0.2, -0.15) is 0 Å². The summed E-state index contributed by atoms with van der Waals surface area (Å²) in [6.45, 7) is 7.53. The quantitative estimate of drug-likeness (QED) is 0.770. The van der Waals surface area contributed by atoms with Crippen LogP contribution in [0.3, 0.4) is 0 Å². The number of hydrogen-bond acceptors (Lipinski definition) is 3. The summed E-state index contributed by atoms with van der Waals surface area (Å²) < 4.78 is 5.67. The van der Waals surface area contributed by atoms with Crippen LogP contribution in [0.25, 0.3) is 0 Å². The Morgan fingerprint density at radius 1 is 1.38 bits per heavy atom. The molecule has 0 aliphatic carbocycles. The first kappa shape index (κ1) is 13.0. The van der Waals surface area contributed by atoms with Crippen molar-refractivity contribution in [3.8, 4) is 5.75 Å². The van der Waals surface area contributed by atoms with E-state index >= 15 is 0 Å². The van der Waals surface area contributed by atoms with Crippen molar-refractivity contribution in [1.29, 1.82) is 0 Å². The van der Waals surface area contributed by atoms with E-state index in [0.29, 0.717) is 6.61 Å². The average molecular weight is 223 g/mol. The van der Waals surface area contributed by atoms with Crippen LogP contribution in [0.2, 0.25) is 0 Å². The lowest BCUT2D eigenvalue weighted by atomic mass is 10.1. The van der Waals surface area contributed by atoms with Crippen LogP contribution < -0.4 is 10.1 Å². The summed E-state index contributed by atoms with van der Waals surface area (Å²) in [4.78, 5) is 0. The second-order valence-corrected chi connectivity index (χ2v) is 4.02. The van der Waals surface area contributed by atoms with E-state index in [2.05, 4.69) is 18.3 Å². The lowest BCUT2D eigenvalue weighted by molar-refractivity contribution is 0.184. The molecule has 0 aliphatic heterocycles. The molecule has 0 heterocycles. The first-order valence-electron chi connectivity index (χ1n) is 5.71. The van der Waals surface area contributed by atoms with Crippen LogP contribution in [0.4, 0.5) is 0 Å². The molecule has 2 N–H and O–H groups in total. The van der Waals surface area contributed by atoms with Gasteiger partial charge in [0, 0.05) is 0 Å². The number of likely N-dealkylation sites (N-methyl/N-ethyl adjacent to an activating group) is 1. The van der Waals surface area contributed by atoms with Crippen LogP contribution in [-0.4, -0.2) is 30.9 Å². The first-order chi connectivity index (χ1) is 7.67. The Hall–Kier alpha value is -1.06. The Morgan fingerprint density at radius 2 is 2.12 bits per heavy atom. The molecule has 0 amide bonds. The summed E-state index contributed by atoms with van der Waals surface area (Å²) in [6.07, 6.45) is 0. The van der Waals surface area contributed by atoms with Crippen LogP contribution in [0.15, 0.2) is 18.2 Å². The Bertz CT molecular complexity index is 326. The van der Waals surface area contributed by atoms with E-state index in [1.54, 1.807) is 0 Å². The smallest absolute Gasteiger partial charge is 0.122 e. The number of nitrogens with one attached hydrogen (secondary N) is 1. The zero-order valence-electron chi connectivity index (χ0n) is 10.3. The van der Waals surface area contributed by atoms with Crippen molar-refractivity contribution in [3.63, 3.8) is 0 Å². The molecule has 90 valence electrons. The zero-order valence-corrected chi connectivity index (χ0v) is 10.3. The van der Waals surface area contributed by atoms with Crippen LogP contribution in [0.5, 0.6) is 5.75 Å². The molecule has 1 aromatic rings. The number of aliphatic hydroxyl groups is 1. The minimum Gasteiger partial charge on any atom is -0.492 e. The highest BCUT2D eigenvalue weighted by Crippen LogP contribution is 2.18. The highest BCUT2D eigenvalue weighted by Gasteiger charge is 2.07. The van der Waals surface area contributed by atoms with Crippen molar-refractivity contribution in [3.05, 3.63) is 29.3 Å². The lowest BCUT2D eigenvalue weighted by Crippen LogP contribution is -2.37. The van der Waals surface area contributed by atoms with Gasteiger partial charge in [-0.3, -0.25) is 0 Å². The van der Waals surface area contributed by atoms with Crippen LogP contribution in [-0.2, 0) is 0 Å². The maximum atomic E-state index is 9.11. The van der Waals surface area contributed by atoms with Crippen LogP contribution in [0.1, 0.15) is 18.1 Å². The van der Waals surface area contributed by atoms with Gasteiger partial charge < -0.3 is 15.2 Å². The molecular weight excluding hydrogens is 202 g/mol. The van der Waals surface area contributed by atoms with Gasteiger partial charge in [0.25, 0.3) is 0 Å². The van der Waals surface area contributed by atoms with Crippen molar-refractivity contribution in [2.75, 3.05) is 19.8 Å². The van der Waals surface area contributed by atoms with Gasteiger partial charge in [-0.15, -0.1) is 0 Å². The average Bonchev–Trinajstić information content (AvgIpc) is 2.26. The molecule has 3 nitrogen and oxygen atoms in total. The number of rotatable bonds is 6. The maximum Gasteiger partial charge on any atom is 0.122 e. The fourth-order valence-electron chi connectivity index (χ4n) is 1.62. The van der Waals surface area contributed by atoms with E-state index < -0.39 is 0 Å². The minimum absolute atomic E-state index is 0.00528. The van der Waals surface area contributed by atoms with Crippen molar-refractivity contribution >= 4 is 0 Å². The predicted octanol–water partition coefficient (Wildman–Crippen LogP) is 1.65. The topological polar surface area (TPSA) is 41.5 Å². The highest BCUT2D eigenvalue weighted by molar-refractivity contribution is 5.35. The molecule has 1 rings (SSSR count). The van der Waals surface area contributed by atoms with Crippen molar-refractivity contribution in [1.82, 2.24) is 5.32 Å². The number of hydrogen-bond donors (Lipinski definition) is 2. The molecular formula is C13H21NO2. The van der Waals surface area contributed by atoms with E-state index in [1.165, 1.54) is 5.56 Å². The summed E-state index contributed by atoms with van der Waals surface area (Å²) >= 11 is 0. The van der Waals surface area contributed by atoms with Gasteiger partial charge in [-0.1, -0.05) is 24.6 Å². The molecule has 0 aromatic heterocycles. The fourth-order valence-corrected chi connectivity index (χ4v) is 1.62. The molecule has 0 radical (unpaired) electrons. The summed E-state index contributed by atoms with van der Waals surface area (Å²) in [5.74, 6) is 0.891. The number of ether oxygens (including phenoxy) is 1. The molecule has 0 aliphatic rings. The van der Waals surface area contributed by atoms with Crippen molar-refractivity contribution < 1.29 is 9.84 Å². The van der Waals surface area contributed by atoms with E-state index in [4.69, 9.17) is 9.84 Å². The molecule has 0 fully saturated rings. The lowest BCUT2D eigenvalue weighted by Gasteiger charge is -2.17. The maximum absolute atomic E-state index is 9.11. The standard InChI is InChI=1S/C13H21NO2/c1-4-14-12(8-15)9-16-13-6-5-10(2)7-11(13)3/h5-7,12,14-15H,4,8-9H2,1-3H3. The summed E-state index contributed by atoms with van der Waals surface area (Å²) in [5, 5.41) is 12.3. The third-order valence-electron chi connectivity index (χ3n) is 2.48. The monoisotopic (exact) mass is 223 g/mol. The zero-order chi connectivity index (χ0) is 12.0. The van der Waals surface area contributed by atoms with Crippen molar-refractivity contribution in [2.45, 2.75) is 26.8 Å². The Morgan fingerprint density at radius 3 is 2.69 bits per heavy atom. The molecule has 1 atom stereocenters. The van der Waals surface area contributed by atoms with E-state index in [-0.39, 0.29) is 12.6 Å². The highest BCUT2D eigenvalue weighted by atomic mass is 16.5. The SMILES string of the molecule is CCNC(CO)COc1ccc(C)cc1C. The third-order valence-corrected chi connectivity index (χ3v) is 2.48. The second-order valence-electron chi connectivity index (χ2n) is 4.02. The van der Waals surface area contributed by atoms with E-state index in [9.17, 15) is 0 Å². The molecule has 0 bridgehead atoms. The van der Waals surface area contributed by atoms with Gasteiger partial charge >= 0.3 is 0 Å². The summed E-state index contributed by atoms with van der Waals surface area (Å²) in [6, 6.07) is 6.11. The van der Waals surface area contributed by atoms with Gasteiger partial charge in [-0.25, -0.2) is 0 Å². The molecule has 0 spiro atoms. The number of aliphatic hydroxyl groups excluding tert-OH is 1. The van der Waals surface area contributed by atoms with Gasteiger partial charge in [0.2, 0.25) is 0 Å². The van der Waals surface area contributed by atoms with Gasteiger partial charge in [-0.05, 0) is 32.0 Å². The second kappa shape index (κ2) is 6.51. The number of aryl methyl sites for hydroxylation is 2. The predicted molar refractivity (Wildman–Crippen MR) is 66.0 cm³/mol. The third kappa shape index (κ3) is 3.83. The van der Waals surface area contributed by atoms with Gasteiger partial charge in [0.05, 0.1) is 12.6 Å². The molecule has 16 heavy (non-hydrogen) atoms. The fraction of sp³-hybridized carbons (Fsp3) is 0.538. The van der Waals surface area contributed by atoms with E-state index in [0.717, 1.165) is 17.9 Å². The molecule has 1 unspecified atom stereocenters. The van der Waals surface area contributed by atoms with Crippen LogP contribution in [0, 0.1) is 13.8 Å². The molecule has 3 heteroatoms. The molecule has 0 saturated carbocycles. The first-order valence-corrected chi connectivity index (χ1v) is 5.71. The summed E-state index contributed by atoms with van der Waals surface area (Å²) in [5.41, 5.74) is 2.36. The molecule has 1 aromatic carbocycles. The van der Waals surface area contributed by atoms with Gasteiger partial charge in [0.15, 0.2) is 0 Å². The Balaban J connectivity index is 2.53. The molecule has 0 saturated heterocycles. The summed E-state index contributed by atoms with van der Waals surface area (Å²) in [7, 11) is 0.